The van der Waals surface area contributed by atoms with Crippen molar-refractivity contribution in [2.24, 2.45) is 5.10 Å². The fourth-order valence-corrected chi connectivity index (χ4v) is 3.95. The number of amides is 2. The molecule has 1 aromatic carbocycles. The lowest BCUT2D eigenvalue weighted by Gasteiger charge is -2.46. The van der Waals surface area contributed by atoms with E-state index in [1.807, 2.05) is 6.92 Å². The Hall–Kier alpha value is -4.89. The average molecular weight is 609 g/mol. The first kappa shape index (κ1) is 34.3. The molecule has 1 heterocycles. The van der Waals surface area contributed by atoms with Gasteiger partial charge in [0, 0.05) is 27.7 Å². The van der Waals surface area contributed by atoms with Crippen molar-refractivity contribution in [1.82, 2.24) is 10.1 Å². The molecule has 0 saturated carbocycles. The van der Waals surface area contributed by atoms with E-state index >= 15 is 0 Å². The molecule has 2 amide bonds. The molecular weight excluding hydrogens is 572 g/mol. The molecule has 1 aliphatic rings. The van der Waals surface area contributed by atoms with Gasteiger partial charge in [-0.3, -0.25) is 19.2 Å². The minimum Gasteiger partial charge on any atom is -0.462 e. The van der Waals surface area contributed by atoms with Gasteiger partial charge in [-0.2, -0.15) is 10.1 Å². The molecule has 0 fully saturated rings. The van der Waals surface area contributed by atoms with Gasteiger partial charge in [-0.15, -0.1) is 5.12 Å². The van der Waals surface area contributed by atoms with Crippen LogP contribution >= 0.6 is 0 Å². The Labute approximate surface area is 248 Å². The maximum Gasteiger partial charge on any atom is 0.450 e. The molecule has 236 valence electrons. The molecule has 43 heavy (non-hydrogen) atoms. The van der Waals surface area contributed by atoms with Gasteiger partial charge in [0.05, 0.1) is 25.1 Å². The smallest absolute Gasteiger partial charge is 0.450 e. The summed E-state index contributed by atoms with van der Waals surface area (Å²) in [5.41, 5.74) is 1.23. The molecule has 0 unspecified atom stereocenters. The lowest BCUT2D eigenvalue weighted by atomic mass is 10.00. The van der Waals surface area contributed by atoms with Crippen LogP contribution in [0.4, 0.5) is 15.3 Å². The number of nitrogens with zero attached hydrogens (tertiary/aromatic N) is 4. The SMILES string of the molecule is CCOC(=O)N1[C@@H]([C@@H](OC(C)=O)[C@H](OC(C)=O)[C@@H](COC(C)=O)OC(C)=O)C=NN(c2ccc(C)cc2)N1C(=O)OCC. The second kappa shape index (κ2) is 15.9. The molecule has 0 N–H and O–H groups in total. The van der Waals surface area contributed by atoms with Crippen molar-refractivity contribution in [2.45, 2.75) is 72.8 Å². The van der Waals surface area contributed by atoms with E-state index in [9.17, 15) is 28.8 Å². The number of hydrazine groups is 2. The van der Waals surface area contributed by atoms with Crippen LogP contribution in [0, 0.1) is 6.92 Å². The van der Waals surface area contributed by atoms with Crippen molar-refractivity contribution < 1.29 is 57.2 Å². The molecule has 1 aliphatic heterocycles. The fourth-order valence-electron chi connectivity index (χ4n) is 3.95. The Balaban J connectivity index is 2.82. The van der Waals surface area contributed by atoms with Crippen LogP contribution in [-0.4, -0.2) is 96.6 Å². The predicted octanol–water partition coefficient (Wildman–Crippen LogP) is 2.27. The van der Waals surface area contributed by atoms with Crippen LogP contribution in [0.15, 0.2) is 29.4 Å². The van der Waals surface area contributed by atoms with Gasteiger partial charge in [-0.25, -0.2) is 9.59 Å². The number of hydrogen-bond donors (Lipinski definition) is 0. The molecule has 1 aromatic rings. The van der Waals surface area contributed by atoms with Crippen molar-refractivity contribution in [2.75, 3.05) is 24.9 Å². The average Bonchev–Trinajstić information content (AvgIpc) is 2.92. The minimum atomic E-state index is -1.70. The Kier molecular flexibility index (Phi) is 12.7. The first-order valence-corrected chi connectivity index (χ1v) is 13.3. The molecule has 2 rings (SSSR count). The third-order valence-corrected chi connectivity index (χ3v) is 5.54. The Morgan fingerprint density at radius 2 is 1.33 bits per heavy atom. The van der Waals surface area contributed by atoms with E-state index in [0.717, 1.165) is 54.7 Å². The highest BCUT2D eigenvalue weighted by Crippen LogP contribution is 2.29. The Morgan fingerprint density at radius 3 is 1.84 bits per heavy atom. The summed E-state index contributed by atoms with van der Waals surface area (Å²) in [6.07, 6.45) is -5.95. The summed E-state index contributed by atoms with van der Waals surface area (Å²) in [6.45, 7) is 8.31. The highest BCUT2D eigenvalue weighted by atomic mass is 16.6. The molecular formula is C27H36N4O12. The van der Waals surface area contributed by atoms with Gasteiger partial charge in [0.15, 0.2) is 18.3 Å². The molecule has 4 atom stereocenters. The first-order valence-electron chi connectivity index (χ1n) is 13.3. The fraction of sp³-hybridized carbons (Fsp3) is 0.519. The molecule has 16 heteroatoms. The van der Waals surface area contributed by atoms with Crippen LogP contribution in [0.5, 0.6) is 0 Å². The number of hydrazone groups is 1. The van der Waals surface area contributed by atoms with Gasteiger partial charge in [-0.1, -0.05) is 22.8 Å². The van der Waals surface area contributed by atoms with E-state index in [1.165, 1.54) is 6.92 Å². The summed E-state index contributed by atoms with van der Waals surface area (Å²) >= 11 is 0. The lowest BCUT2D eigenvalue weighted by Crippen LogP contribution is -2.69. The standard InChI is InChI=1S/C27H36N4O12/c1-8-38-26(36)29-22(14-28-30(31(29)27(37)39-9-2)21-12-10-16(3)11-13-21)24(42-19(6)34)25(43-20(7)35)23(41-18(5)33)15-40-17(4)32/h10-14,22-25H,8-9,15H2,1-7H3/t22-,23-,24-,25-/m1/s1. The van der Waals surface area contributed by atoms with Crippen molar-refractivity contribution in [1.29, 1.82) is 0 Å². The van der Waals surface area contributed by atoms with Gasteiger partial charge in [0.1, 0.15) is 12.6 Å². The number of rotatable bonds is 11. The van der Waals surface area contributed by atoms with Crippen LogP contribution in [-0.2, 0) is 47.6 Å². The van der Waals surface area contributed by atoms with Crippen LogP contribution < -0.4 is 5.12 Å². The zero-order valence-electron chi connectivity index (χ0n) is 25.0. The number of carbonyl (C=O) groups is 6. The molecule has 0 aromatic heterocycles. The minimum absolute atomic E-state index is 0.0948. The summed E-state index contributed by atoms with van der Waals surface area (Å²) in [5.74, 6) is -3.41. The normalized spacial score (nSPS) is 16.3. The van der Waals surface area contributed by atoms with Gasteiger partial charge >= 0.3 is 36.1 Å². The van der Waals surface area contributed by atoms with E-state index in [0.29, 0.717) is 5.69 Å². The van der Waals surface area contributed by atoms with Crippen LogP contribution in [0.2, 0.25) is 0 Å². The number of carbonyl (C=O) groups excluding carboxylic acids is 6. The molecule has 0 radical (unpaired) electrons. The molecule has 0 spiro atoms. The predicted molar refractivity (Wildman–Crippen MR) is 147 cm³/mol. The number of aryl methyl sites for hydroxylation is 1. The van der Waals surface area contributed by atoms with Crippen LogP contribution in [0.25, 0.3) is 0 Å². The summed E-state index contributed by atoms with van der Waals surface area (Å²) in [7, 11) is 0. The quantitative estimate of drug-likeness (QED) is 0.264. The van der Waals surface area contributed by atoms with Gasteiger partial charge in [-0.05, 0) is 32.9 Å². The highest BCUT2D eigenvalue weighted by Gasteiger charge is 2.51. The zero-order chi connectivity index (χ0) is 32.3. The molecule has 0 bridgehead atoms. The number of anilines is 1. The van der Waals surface area contributed by atoms with Gasteiger partial charge < -0.3 is 28.4 Å². The summed E-state index contributed by atoms with van der Waals surface area (Å²) in [4.78, 5) is 75.1. The Morgan fingerprint density at radius 1 is 0.767 bits per heavy atom. The zero-order valence-corrected chi connectivity index (χ0v) is 25.0. The summed E-state index contributed by atoms with van der Waals surface area (Å²) in [5, 5.41) is 6.87. The molecule has 0 saturated heterocycles. The maximum atomic E-state index is 13.5. The maximum absolute atomic E-state index is 13.5. The van der Waals surface area contributed by atoms with Crippen molar-refractivity contribution in [3.8, 4) is 0 Å². The largest absolute Gasteiger partial charge is 0.462 e. The van der Waals surface area contributed by atoms with Crippen molar-refractivity contribution in [3.05, 3.63) is 29.8 Å². The second-order valence-electron chi connectivity index (χ2n) is 9.01. The number of esters is 4. The van der Waals surface area contributed by atoms with E-state index in [-0.39, 0.29) is 13.2 Å². The van der Waals surface area contributed by atoms with E-state index < -0.39 is 67.0 Å². The monoisotopic (exact) mass is 608 g/mol. The lowest BCUT2D eigenvalue weighted by molar-refractivity contribution is -0.195. The van der Waals surface area contributed by atoms with Gasteiger partial charge in [0.25, 0.3) is 0 Å². The van der Waals surface area contributed by atoms with Crippen molar-refractivity contribution in [3.63, 3.8) is 0 Å². The van der Waals surface area contributed by atoms with E-state index in [2.05, 4.69) is 5.10 Å². The topological polar surface area (TPSA) is 180 Å². The van der Waals surface area contributed by atoms with E-state index in [4.69, 9.17) is 28.4 Å². The number of benzene rings is 1. The molecule has 16 nitrogen and oxygen atoms in total. The summed E-state index contributed by atoms with van der Waals surface area (Å²) in [6, 6.07) is 5.21. The highest BCUT2D eigenvalue weighted by molar-refractivity contribution is 5.83. The second-order valence-corrected chi connectivity index (χ2v) is 9.01. The van der Waals surface area contributed by atoms with Crippen LogP contribution in [0.3, 0.4) is 0 Å². The van der Waals surface area contributed by atoms with Crippen LogP contribution in [0.1, 0.15) is 47.1 Å². The third-order valence-electron chi connectivity index (χ3n) is 5.54. The first-order chi connectivity index (χ1) is 20.3. The van der Waals surface area contributed by atoms with E-state index in [1.54, 1.807) is 31.2 Å². The number of ether oxygens (including phenoxy) is 6. The molecule has 0 aliphatic carbocycles. The number of hydrogen-bond acceptors (Lipinski definition) is 14. The third kappa shape index (κ3) is 9.58. The summed E-state index contributed by atoms with van der Waals surface area (Å²) < 4.78 is 31.8. The van der Waals surface area contributed by atoms with Gasteiger partial charge in [0.2, 0.25) is 0 Å². The Bertz CT molecular complexity index is 1200. The van der Waals surface area contributed by atoms with Crippen molar-refractivity contribution >= 4 is 48.0 Å².